The van der Waals surface area contributed by atoms with Crippen molar-refractivity contribution in [1.29, 1.82) is 0 Å². The molecule has 3 heteroatoms. The van der Waals surface area contributed by atoms with Gasteiger partial charge in [-0.3, -0.25) is 0 Å². The van der Waals surface area contributed by atoms with Gasteiger partial charge in [-0.15, -0.1) is 0 Å². The summed E-state index contributed by atoms with van der Waals surface area (Å²) in [4.78, 5) is 0. The normalized spacial score (nSPS) is 12.7. The van der Waals surface area contributed by atoms with Gasteiger partial charge in [0.25, 0.3) is 0 Å². The molecule has 0 aliphatic carbocycles. The summed E-state index contributed by atoms with van der Waals surface area (Å²) in [6, 6.07) is 10.6. The summed E-state index contributed by atoms with van der Waals surface area (Å²) in [7, 11) is 0. The average molecular weight is 229 g/mol. The monoisotopic (exact) mass is 229 g/mol. The first-order valence-corrected chi connectivity index (χ1v) is 6.04. The van der Waals surface area contributed by atoms with Gasteiger partial charge in [0.05, 0.1) is 11.4 Å². The maximum Gasteiger partial charge on any atom is 0.0876 e. The van der Waals surface area contributed by atoms with E-state index in [0.717, 1.165) is 11.4 Å². The second-order valence-corrected chi connectivity index (χ2v) is 4.64. The van der Waals surface area contributed by atoms with Crippen LogP contribution in [0.5, 0.6) is 0 Å². The van der Waals surface area contributed by atoms with Crippen LogP contribution in [0.15, 0.2) is 42.7 Å². The molecule has 1 heterocycles. The van der Waals surface area contributed by atoms with Crippen LogP contribution in [-0.2, 0) is 0 Å². The molecule has 0 spiro atoms. The van der Waals surface area contributed by atoms with Crippen molar-refractivity contribution < 1.29 is 0 Å². The number of hydrogen-bond acceptors (Lipinski definition) is 2. The summed E-state index contributed by atoms with van der Waals surface area (Å²) >= 11 is 0. The lowest BCUT2D eigenvalue weighted by Gasteiger charge is -2.20. The number of anilines is 1. The van der Waals surface area contributed by atoms with Gasteiger partial charge in [0.2, 0.25) is 0 Å². The second kappa shape index (κ2) is 5.04. The highest BCUT2D eigenvalue weighted by atomic mass is 15.3. The summed E-state index contributed by atoms with van der Waals surface area (Å²) in [5, 5.41) is 7.81. The van der Waals surface area contributed by atoms with Gasteiger partial charge in [0.1, 0.15) is 0 Å². The van der Waals surface area contributed by atoms with Crippen LogP contribution in [0.3, 0.4) is 0 Å². The van der Waals surface area contributed by atoms with Crippen molar-refractivity contribution in [2.24, 2.45) is 5.92 Å². The third-order valence-corrected chi connectivity index (χ3v) is 3.04. The van der Waals surface area contributed by atoms with Crippen LogP contribution in [0.2, 0.25) is 0 Å². The van der Waals surface area contributed by atoms with Crippen LogP contribution < -0.4 is 5.32 Å². The number of para-hydroxylation sites is 2. The molecule has 1 unspecified atom stereocenters. The standard InChI is InChI=1S/C14H19N3/c1-11(2)12(3)16-13-7-4-5-8-14(13)17-10-6-9-15-17/h4-12,16H,1-3H3. The van der Waals surface area contributed by atoms with Crippen LogP contribution >= 0.6 is 0 Å². The van der Waals surface area contributed by atoms with Crippen LogP contribution in [-0.4, -0.2) is 15.8 Å². The van der Waals surface area contributed by atoms with Gasteiger partial charge in [-0.1, -0.05) is 26.0 Å². The minimum atomic E-state index is 0.437. The highest BCUT2D eigenvalue weighted by Gasteiger charge is 2.10. The molecule has 1 aromatic carbocycles. The van der Waals surface area contributed by atoms with E-state index in [1.165, 1.54) is 0 Å². The second-order valence-electron chi connectivity index (χ2n) is 4.64. The number of nitrogens with zero attached hydrogens (tertiary/aromatic N) is 2. The molecule has 90 valence electrons. The van der Waals surface area contributed by atoms with Gasteiger partial charge in [0, 0.05) is 18.4 Å². The fourth-order valence-electron chi connectivity index (χ4n) is 1.62. The SMILES string of the molecule is CC(C)C(C)Nc1ccccc1-n1cccn1. The lowest BCUT2D eigenvalue weighted by atomic mass is 10.1. The summed E-state index contributed by atoms with van der Waals surface area (Å²) < 4.78 is 1.88. The quantitative estimate of drug-likeness (QED) is 0.871. The maximum atomic E-state index is 4.28. The number of benzene rings is 1. The highest BCUT2D eigenvalue weighted by molar-refractivity contribution is 5.61. The molecule has 1 atom stereocenters. The van der Waals surface area contributed by atoms with Crippen molar-refractivity contribution in [3.8, 4) is 5.69 Å². The first-order valence-electron chi connectivity index (χ1n) is 6.04. The topological polar surface area (TPSA) is 29.9 Å². The molecule has 1 N–H and O–H groups in total. The van der Waals surface area contributed by atoms with E-state index in [1.807, 2.05) is 29.1 Å². The zero-order valence-corrected chi connectivity index (χ0v) is 10.6. The Labute approximate surface area is 102 Å². The average Bonchev–Trinajstić information content (AvgIpc) is 2.83. The number of nitrogens with one attached hydrogen (secondary N) is 1. The van der Waals surface area contributed by atoms with Crippen LogP contribution in [0.25, 0.3) is 5.69 Å². The van der Waals surface area contributed by atoms with Gasteiger partial charge in [-0.05, 0) is 31.0 Å². The molecule has 17 heavy (non-hydrogen) atoms. The molecule has 0 aliphatic heterocycles. The summed E-state index contributed by atoms with van der Waals surface area (Å²) in [5.41, 5.74) is 2.21. The first kappa shape index (κ1) is 11.7. The van der Waals surface area contributed by atoms with Crippen LogP contribution in [0.4, 0.5) is 5.69 Å². The molecular formula is C14H19N3. The zero-order chi connectivity index (χ0) is 12.3. The predicted octanol–water partition coefficient (Wildman–Crippen LogP) is 3.33. The van der Waals surface area contributed by atoms with Crippen molar-refractivity contribution in [1.82, 2.24) is 9.78 Å². The smallest absolute Gasteiger partial charge is 0.0876 e. The van der Waals surface area contributed by atoms with Gasteiger partial charge in [0.15, 0.2) is 0 Å². The molecule has 2 aromatic rings. The third kappa shape index (κ3) is 2.67. The van der Waals surface area contributed by atoms with E-state index in [4.69, 9.17) is 0 Å². The van der Waals surface area contributed by atoms with Crippen molar-refractivity contribution in [3.63, 3.8) is 0 Å². The molecule has 1 aromatic heterocycles. The predicted molar refractivity (Wildman–Crippen MR) is 71.5 cm³/mol. The van der Waals surface area contributed by atoms with E-state index in [2.05, 4.69) is 43.3 Å². The van der Waals surface area contributed by atoms with Crippen LogP contribution in [0, 0.1) is 5.92 Å². The van der Waals surface area contributed by atoms with Gasteiger partial charge in [-0.25, -0.2) is 4.68 Å². The van der Waals surface area contributed by atoms with Crippen molar-refractivity contribution in [3.05, 3.63) is 42.7 Å². The van der Waals surface area contributed by atoms with Crippen molar-refractivity contribution in [2.75, 3.05) is 5.32 Å². The van der Waals surface area contributed by atoms with E-state index in [0.29, 0.717) is 12.0 Å². The van der Waals surface area contributed by atoms with Crippen LogP contribution in [0.1, 0.15) is 20.8 Å². The lowest BCUT2D eigenvalue weighted by molar-refractivity contribution is 0.559. The molecular weight excluding hydrogens is 210 g/mol. The molecule has 0 radical (unpaired) electrons. The van der Waals surface area contributed by atoms with Crippen molar-refractivity contribution in [2.45, 2.75) is 26.8 Å². The number of hydrogen-bond donors (Lipinski definition) is 1. The Morgan fingerprint density at radius 1 is 1.12 bits per heavy atom. The Kier molecular flexibility index (Phi) is 3.47. The molecule has 0 saturated carbocycles. The van der Waals surface area contributed by atoms with Gasteiger partial charge in [-0.2, -0.15) is 5.10 Å². The molecule has 0 saturated heterocycles. The largest absolute Gasteiger partial charge is 0.381 e. The number of aromatic nitrogens is 2. The fraction of sp³-hybridized carbons (Fsp3) is 0.357. The highest BCUT2D eigenvalue weighted by Crippen LogP contribution is 2.21. The fourth-order valence-corrected chi connectivity index (χ4v) is 1.62. The van der Waals surface area contributed by atoms with Gasteiger partial charge < -0.3 is 5.32 Å². The van der Waals surface area contributed by atoms with E-state index in [-0.39, 0.29) is 0 Å². The Bertz CT molecular complexity index is 460. The van der Waals surface area contributed by atoms with E-state index in [9.17, 15) is 0 Å². The summed E-state index contributed by atoms with van der Waals surface area (Å²) in [6.07, 6.45) is 3.75. The molecule has 3 nitrogen and oxygen atoms in total. The third-order valence-electron chi connectivity index (χ3n) is 3.04. The Hall–Kier alpha value is -1.77. The number of rotatable bonds is 4. The molecule has 0 fully saturated rings. The molecule has 2 rings (SSSR count). The molecule has 0 bridgehead atoms. The zero-order valence-electron chi connectivity index (χ0n) is 10.6. The lowest BCUT2D eigenvalue weighted by Crippen LogP contribution is -2.22. The summed E-state index contributed by atoms with van der Waals surface area (Å²) in [6.45, 7) is 6.63. The van der Waals surface area contributed by atoms with Gasteiger partial charge >= 0.3 is 0 Å². The minimum Gasteiger partial charge on any atom is -0.381 e. The van der Waals surface area contributed by atoms with E-state index in [1.54, 1.807) is 6.20 Å². The molecule has 0 amide bonds. The van der Waals surface area contributed by atoms with E-state index < -0.39 is 0 Å². The Morgan fingerprint density at radius 3 is 2.53 bits per heavy atom. The Morgan fingerprint density at radius 2 is 1.88 bits per heavy atom. The summed E-state index contributed by atoms with van der Waals surface area (Å²) in [5.74, 6) is 0.598. The van der Waals surface area contributed by atoms with E-state index >= 15 is 0 Å². The molecule has 0 aliphatic rings. The van der Waals surface area contributed by atoms with Crippen molar-refractivity contribution >= 4 is 5.69 Å². The maximum absolute atomic E-state index is 4.28. The Balaban J connectivity index is 2.29. The first-order chi connectivity index (χ1) is 8.18. The minimum absolute atomic E-state index is 0.437.